The molecule has 6 heteroatoms. The number of aromatic nitrogens is 2. The predicted molar refractivity (Wildman–Crippen MR) is 129 cm³/mol. The summed E-state index contributed by atoms with van der Waals surface area (Å²) >= 11 is 5.23. The van der Waals surface area contributed by atoms with Crippen molar-refractivity contribution in [2.75, 3.05) is 6.61 Å². The summed E-state index contributed by atoms with van der Waals surface area (Å²) in [7, 11) is 0. The Kier molecular flexibility index (Phi) is 6.08. The predicted octanol–water partition coefficient (Wildman–Crippen LogP) is 6.74. The third kappa shape index (κ3) is 4.22. The van der Waals surface area contributed by atoms with E-state index in [4.69, 9.17) is 9.72 Å². The molecule has 1 unspecified atom stereocenters. The molecular weight excluding hydrogens is 460 g/mol. The number of ether oxygens (including phenoxy) is 1. The molecule has 0 saturated heterocycles. The summed E-state index contributed by atoms with van der Waals surface area (Å²) in [5.41, 5.74) is 2.27. The van der Waals surface area contributed by atoms with Gasteiger partial charge >= 0.3 is 0 Å². The van der Waals surface area contributed by atoms with E-state index in [2.05, 4.69) is 48.6 Å². The highest BCUT2D eigenvalue weighted by Crippen LogP contribution is 2.42. The van der Waals surface area contributed by atoms with E-state index in [0.717, 1.165) is 58.1 Å². The summed E-state index contributed by atoms with van der Waals surface area (Å²) in [4.78, 5) is 23.2. The SMILES string of the molecule is CCCCOc1ccc(Br)cc1-c1nc2sc3c(c2c(=O)[nH]1)CCC(C(C)(C)C)C3. The van der Waals surface area contributed by atoms with Gasteiger partial charge in [-0.25, -0.2) is 4.98 Å². The molecule has 4 rings (SSSR count). The normalized spacial score (nSPS) is 16.6. The maximum atomic E-state index is 13.1. The first-order chi connectivity index (χ1) is 14.3. The first kappa shape index (κ1) is 21.6. The van der Waals surface area contributed by atoms with Crippen LogP contribution in [0.1, 0.15) is 57.4 Å². The number of unbranched alkanes of at least 4 members (excludes halogenated alkanes) is 1. The largest absolute Gasteiger partial charge is 0.493 e. The average molecular weight is 489 g/mol. The van der Waals surface area contributed by atoms with Crippen LogP contribution in [0.15, 0.2) is 27.5 Å². The van der Waals surface area contributed by atoms with Crippen LogP contribution in [-0.4, -0.2) is 16.6 Å². The zero-order valence-corrected chi connectivity index (χ0v) is 20.5. The second-order valence-corrected chi connectivity index (χ2v) is 11.2. The molecule has 2 heterocycles. The van der Waals surface area contributed by atoms with E-state index in [-0.39, 0.29) is 11.0 Å². The number of halogens is 1. The molecule has 0 radical (unpaired) electrons. The molecule has 0 bridgehead atoms. The van der Waals surface area contributed by atoms with E-state index in [1.807, 2.05) is 18.2 Å². The van der Waals surface area contributed by atoms with Crippen LogP contribution in [0, 0.1) is 11.3 Å². The smallest absolute Gasteiger partial charge is 0.260 e. The Morgan fingerprint density at radius 1 is 1.33 bits per heavy atom. The van der Waals surface area contributed by atoms with Crippen LogP contribution in [0.3, 0.4) is 0 Å². The van der Waals surface area contributed by atoms with Crippen molar-refractivity contribution < 1.29 is 4.74 Å². The molecule has 0 fully saturated rings. The number of nitrogens with one attached hydrogen (secondary N) is 1. The van der Waals surface area contributed by atoms with Crippen LogP contribution < -0.4 is 10.3 Å². The third-order valence-corrected chi connectivity index (χ3v) is 7.74. The number of benzene rings is 1. The zero-order valence-electron chi connectivity index (χ0n) is 18.1. The van der Waals surface area contributed by atoms with Crippen molar-refractivity contribution in [3.8, 4) is 17.1 Å². The lowest BCUT2D eigenvalue weighted by atomic mass is 9.72. The van der Waals surface area contributed by atoms with Gasteiger partial charge in [-0.1, -0.05) is 50.0 Å². The van der Waals surface area contributed by atoms with Crippen LogP contribution in [0.5, 0.6) is 5.75 Å². The van der Waals surface area contributed by atoms with Gasteiger partial charge in [-0.15, -0.1) is 11.3 Å². The maximum absolute atomic E-state index is 13.1. The minimum Gasteiger partial charge on any atom is -0.493 e. The topological polar surface area (TPSA) is 55.0 Å². The fourth-order valence-corrected chi connectivity index (χ4v) is 5.85. The number of aromatic amines is 1. The summed E-state index contributed by atoms with van der Waals surface area (Å²) in [6.07, 6.45) is 5.19. The Morgan fingerprint density at radius 2 is 2.13 bits per heavy atom. The van der Waals surface area contributed by atoms with Gasteiger partial charge in [0.2, 0.25) is 0 Å². The average Bonchev–Trinajstić information content (AvgIpc) is 3.06. The fraction of sp³-hybridized carbons (Fsp3) is 0.500. The molecule has 1 atom stereocenters. The second-order valence-electron chi connectivity index (χ2n) is 9.25. The van der Waals surface area contributed by atoms with Crippen LogP contribution in [-0.2, 0) is 12.8 Å². The number of thiophene rings is 1. The maximum Gasteiger partial charge on any atom is 0.260 e. The minimum absolute atomic E-state index is 0.0406. The second kappa shape index (κ2) is 8.46. The summed E-state index contributed by atoms with van der Waals surface area (Å²) in [6.45, 7) is 9.73. The lowest BCUT2D eigenvalue weighted by molar-refractivity contribution is 0.218. The van der Waals surface area contributed by atoms with E-state index in [1.165, 1.54) is 10.4 Å². The highest BCUT2D eigenvalue weighted by Gasteiger charge is 2.31. The fourth-order valence-electron chi connectivity index (χ4n) is 4.19. The molecule has 30 heavy (non-hydrogen) atoms. The van der Waals surface area contributed by atoms with Crippen LogP contribution in [0.25, 0.3) is 21.6 Å². The first-order valence-corrected chi connectivity index (χ1v) is 12.4. The molecule has 1 aliphatic carbocycles. The number of H-pyrrole nitrogens is 1. The lowest BCUT2D eigenvalue weighted by Gasteiger charge is -2.33. The van der Waals surface area contributed by atoms with Crippen LogP contribution in [0.4, 0.5) is 0 Å². The highest BCUT2D eigenvalue weighted by molar-refractivity contribution is 9.10. The van der Waals surface area contributed by atoms with E-state index in [1.54, 1.807) is 11.3 Å². The Bertz CT molecular complexity index is 1130. The summed E-state index contributed by atoms with van der Waals surface area (Å²) < 4.78 is 6.92. The summed E-state index contributed by atoms with van der Waals surface area (Å²) in [5.74, 6) is 1.97. The number of nitrogens with zero attached hydrogens (tertiary/aromatic N) is 1. The van der Waals surface area contributed by atoms with Crippen LogP contribution >= 0.6 is 27.3 Å². The Labute approximate surface area is 190 Å². The minimum atomic E-state index is -0.0406. The number of fused-ring (bicyclic) bond motifs is 3. The molecular formula is C24H29BrN2O2S. The van der Waals surface area contributed by atoms with Crippen molar-refractivity contribution in [1.82, 2.24) is 9.97 Å². The van der Waals surface area contributed by atoms with Crippen molar-refractivity contribution in [3.63, 3.8) is 0 Å². The molecule has 4 nitrogen and oxygen atoms in total. The summed E-state index contributed by atoms with van der Waals surface area (Å²) in [5, 5.41) is 0.787. The molecule has 0 amide bonds. The molecule has 1 aromatic carbocycles. The van der Waals surface area contributed by atoms with Crippen LogP contribution in [0.2, 0.25) is 0 Å². The monoisotopic (exact) mass is 488 g/mol. The van der Waals surface area contributed by atoms with Crippen molar-refractivity contribution in [1.29, 1.82) is 0 Å². The van der Waals surface area contributed by atoms with E-state index < -0.39 is 0 Å². The Morgan fingerprint density at radius 3 is 2.87 bits per heavy atom. The van der Waals surface area contributed by atoms with Gasteiger partial charge in [-0.2, -0.15) is 0 Å². The van der Waals surface area contributed by atoms with Gasteiger partial charge in [-0.05, 0) is 60.8 Å². The molecule has 2 aromatic heterocycles. The molecule has 0 aliphatic heterocycles. The lowest BCUT2D eigenvalue weighted by Crippen LogP contribution is -2.26. The number of aryl methyl sites for hydroxylation is 1. The number of hydrogen-bond acceptors (Lipinski definition) is 4. The van der Waals surface area contributed by atoms with Crippen molar-refractivity contribution in [2.24, 2.45) is 11.3 Å². The zero-order chi connectivity index (χ0) is 21.5. The third-order valence-electron chi connectivity index (χ3n) is 6.10. The molecule has 0 saturated carbocycles. The van der Waals surface area contributed by atoms with Gasteiger partial charge < -0.3 is 9.72 Å². The van der Waals surface area contributed by atoms with Gasteiger partial charge in [-0.3, -0.25) is 4.79 Å². The quantitative estimate of drug-likeness (QED) is 0.404. The van der Waals surface area contributed by atoms with E-state index in [0.29, 0.717) is 18.3 Å². The number of hydrogen-bond donors (Lipinski definition) is 1. The molecule has 1 N–H and O–H groups in total. The van der Waals surface area contributed by atoms with Gasteiger partial charge in [0.05, 0.1) is 17.6 Å². The van der Waals surface area contributed by atoms with E-state index >= 15 is 0 Å². The molecule has 160 valence electrons. The highest BCUT2D eigenvalue weighted by atomic mass is 79.9. The standard InChI is InChI=1S/C24H29BrN2O2S/c1-5-6-11-29-18-10-8-15(25)13-17(18)21-26-22(28)20-16-9-7-14(24(2,3)4)12-19(16)30-23(20)27-21/h8,10,13-14H,5-7,9,11-12H2,1-4H3,(H,26,27,28). The summed E-state index contributed by atoms with van der Waals surface area (Å²) in [6, 6.07) is 5.86. The molecule has 3 aromatic rings. The van der Waals surface area contributed by atoms with Gasteiger partial charge in [0.1, 0.15) is 16.4 Å². The first-order valence-electron chi connectivity index (χ1n) is 10.7. The molecule has 0 spiro atoms. The Balaban J connectivity index is 1.77. The number of rotatable bonds is 5. The van der Waals surface area contributed by atoms with Crippen molar-refractivity contribution in [2.45, 2.75) is 59.8 Å². The van der Waals surface area contributed by atoms with Gasteiger partial charge in [0.25, 0.3) is 5.56 Å². The van der Waals surface area contributed by atoms with Gasteiger partial charge in [0, 0.05) is 9.35 Å². The van der Waals surface area contributed by atoms with Gasteiger partial charge in [0.15, 0.2) is 0 Å². The van der Waals surface area contributed by atoms with Crippen molar-refractivity contribution in [3.05, 3.63) is 43.5 Å². The molecule has 1 aliphatic rings. The van der Waals surface area contributed by atoms with E-state index in [9.17, 15) is 4.79 Å². The van der Waals surface area contributed by atoms with Crippen molar-refractivity contribution >= 4 is 37.5 Å². The Hall–Kier alpha value is -1.66.